The minimum atomic E-state index is 0.592. The molecule has 0 saturated heterocycles. The number of nitrogens with one attached hydrogen (secondary N) is 1. The first-order valence-corrected chi connectivity index (χ1v) is 6.87. The first-order valence-electron chi connectivity index (χ1n) is 6.06. The highest BCUT2D eigenvalue weighted by Gasteiger charge is 2.13. The van der Waals surface area contributed by atoms with Crippen molar-refractivity contribution in [2.24, 2.45) is 0 Å². The van der Waals surface area contributed by atoms with E-state index >= 15 is 0 Å². The SMILES string of the molecule is CCCCN(C)c1nc(COC)c(CNC)s1. The molecule has 1 rings (SSSR count). The number of unbranched alkanes of at least 4 members (excludes halogenated alkanes) is 1. The van der Waals surface area contributed by atoms with Gasteiger partial charge in [0.25, 0.3) is 0 Å². The van der Waals surface area contributed by atoms with Crippen LogP contribution in [-0.2, 0) is 17.9 Å². The van der Waals surface area contributed by atoms with Gasteiger partial charge in [-0.25, -0.2) is 4.98 Å². The van der Waals surface area contributed by atoms with Crippen molar-refractivity contribution in [3.05, 3.63) is 10.6 Å². The molecule has 1 aromatic rings. The summed E-state index contributed by atoms with van der Waals surface area (Å²) >= 11 is 1.75. The van der Waals surface area contributed by atoms with Gasteiger partial charge in [0.05, 0.1) is 12.3 Å². The minimum absolute atomic E-state index is 0.592. The molecular weight excluding hydrogens is 234 g/mol. The Morgan fingerprint density at radius 2 is 2.24 bits per heavy atom. The van der Waals surface area contributed by atoms with E-state index in [1.165, 1.54) is 17.7 Å². The maximum atomic E-state index is 5.19. The average molecular weight is 257 g/mol. The van der Waals surface area contributed by atoms with Crippen LogP contribution in [0.1, 0.15) is 30.3 Å². The van der Waals surface area contributed by atoms with Crippen molar-refractivity contribution in [1.82, 2.24) is 10.3 Å². The summed E-state index contributed by atoms with van der Waals surface area (Å²) < 4.78 is 5.19. The Bertz CT molecular complexity index is 304. The van der Waals surface area contributed by atoms with Gasteiger partial charge in [0.15, 0.2) is 5.13 Å². The van der Waals surface area contributed by atoms with Gasteiger partial charge in [-0.15, -0.1) is 11.3 Å². The highest BCUT2D eigenvalue weighted by molar-refractivity contribution is 7.15. The topological polar surface area (TPSA) is 37.4 Å². The highest BCUT2D eigenvalue weighted by Crippen LogP contribution is 2.26. The maximum absolute atomic E-state index is 5.19. The van der Waals surface area contributed by atoms with Crippen molar-refractivity contribution in [1.29, 1.82) is 0 Å². The summed E-state index contributed by atoms with van der Waals surface area (Å²) in [6.07, 6.45) is 2.42. The van der Waals surface area contributed by atoms with Crippen molar-refractivity contribution < 1.29 is 4.74 Å². The van der Waals surface area contributed by atoms with Crippen molar-refractivity contribution in [3.8, 4) is 0 Å². The number of thiazole rings is 1. The zero-order valence-electron chi connectivity index (χ0n) is 11.2. The molecule has 0 radical (unpaired) electrons. The second-order valence-electron chi connectivity index (χ2n) is 4.10. The van der Waals surface area contributed by atoms with Gasteiger partial charge in [-0.05, 0) is 13.5 Å². The lowest BCUT2D eigenvalue weighted by Crippen LogP contribution is -2.17. The van der Waals surface area contributed by atoms with Crippen LogP contribution in [0.25, 0.3) is 0 Å². The standard InChI is InChI=1S/C12H23N3OS/c1-5-6-7-15(3)12-14-10(9-16-4)11(17-12)8-13-2/h13H,5-9H2,1-4H3. The van der Waals surface area contributed by atoms with Crippen molar-refractivity contribution >= 4 is 16.5 Å². The molecule has 0 fully saturated rings. The molecule has 0 aliphatic rings. The fraction of sp³-hybridized carbons (Fsp3) is 0.750. The zero-order chi connectivity index (χ0) is 12.7. The number of hydrogen-bond acceptors (Lipinski definition) is 5. The quantitative estimate of drug-likeness (QED) is 0.775. The molecule has 4 nitrogen and oxygen atoms in total. The lowest BCUT2D eigenvalue weighted by atomic mass is 10.3. The molecule has 0 spiro atoms. The van der Waals surface area contributed by atoms with Gasteiger partial charge in [0.1, 0.15) is 0 Å². The van der Waals surface area contributed by atoms with Crippen LogP contribution in [0.2, 0.25) is 0 Å². The van der Waals surface area contributed by atoms with E-state index in [0.717, 1.165) is 23.9 Å². The average Bonchev–Trinajstić information content (AvgIpc) is 2.71. The number of methoxy groups -OCH3 is 1. The first-order chi connectivity index (χ1) is 8.22. The lowest BCUT2D eigenvalue weighted by Gasteiger charge is -2.14. The second kappa shape index (κ2) is 7.63. The summed E-state index contributed by atoms with van der Waals surface area (Å²) in [7, 11) is 5.77. The summed E-state index contributed by atoms with van der Waals surface area (Å²) in [4.78, 5) is 8.15. The number of hydrogen-bond donors (Lipinski definition) is 1. The predicted octanol–water partition coefficient (Wildman–Crippen LogP) is 2.25. The molecule has 0 atom stereocenters. The van der Waals surface area contributed by atoms with Crippen LogP contribution in [-0.4, -0.2) is 32.7 Å². The van der Waals surface area contributed by atoms with Gasteiger partial charge < -0.3 is 15.0 Å². The smallest absolute Gasteiger partial charge is 0.185 e. The number of rotatable bonds is 8. The molecule has 0 amide bonds. The van der Waals surface area contributed by atoms with E-state index in [1.807, 2.05) is 7.05 Å². The van der Waals surface area contributed by atoms with Gasteiger partial charge in [0, 0.05) is 32.1 Å². The van der Waals surface area contributed by atoms with Crippen LogP contribution in [0.4, 0.5) is 5.13 Å². The zero-order valence-corrected chi connectivity index (χ0v) is 12.1. The van der Waals surface area contributed by atoms with E-state index in [-0.39, 0.29) is 0 Å². The molecule has 0 aromatic carbocycles. The normalized spacial score (nSPS) is 10.8. The van der Waals surface area contributed by atoms with Crippen LogP contribution in [0.5, 0.6) is 0 Å². The van der Waals surface area contributed by atoms with Crippen LogP contribution < -0.4 is 10.2 Å². The molecule has 0 aliphatic heterocycles. The molecule has 1 heterocycles. The van der Waals surface area contributed by atoms with Crippen molar-refractivity contribution in [3.63, 3.8) is 0 Å². The first kappa shape index (κ1) is 14.4. The Balaban J connectivity index is 2.75. The van der Waals surface area contributed by atoms with Crippen molar-refractivity contribution in [2.75, 3.05) is 32.6 Å². The van der Waals surface area contributed by atoms with E-state index < -0.39 is 0 Å². The van der Waals surface area contributed by atoms with Crippen LogP contribution in [0.3, 0.4) is 0 Å². The Morgan fingerprint density at radius 3 is 2.82 bits per heavy atom. The Kier molecular flexibility index (Phi) is 6.47. The molecule has 17 heavy (non-hydrogen) atoms. The van der Waals surface area contributed by atoms with E-state index in [0.29, 0.717) is 6.61 Å². The third-order valence-electron chi connectivity index (χ3n) is 2.56. The number of nitrogens with zero attached hydrogens (tertiary/aromatic N) is 2. The summed E-state index contributed by atoms with van der Waals surface area (Å²) in [6, 6.07) is 0. The van der Waals surface area contributed by atoms with Crippen LogP contribution >= 0.6 is 11.3 Å². The van der Waals surface area contributed by atoms with E-state index in [4.69, 9.17) is 4.74 Å². The largest absolute Gasteiger partial charge is 0.378 e. The van der Waals surface area contributed by atoms with E-state index in [9.17, 15) is 0 Å². The number of anilines is 1. The summed E-state index contributed by atoms with van der Waals surface area (Å²) in [5.41, 5.74) is 1.06. The number of aromatic nitrogens is 1. The molecule has 0 bridgehead atoms. The highest BCUT2D eigenvalue weighted by atomic mass is 32.1. The molecular formula is C12H23N3OS. The summed E-state index contributed by atoms with van der Waals surface area (Å²) in [6.45, 7) is 4.72. The van der Waals surface area contributed by atoms with Gasteiger partial charge in [0.2, 0.25) is 0 Å². The van der Waals surface area contributed by atoms with Crippen LogP contribution in [0.15, 0.2) is 0 Å². The Labute approximate surface area is 108 Å². The molecule has 0 saturated carbocycles. The predicted molar refractivity (Wildman–Crippen MR) is 73.8 cm³/mol. The fourth-order valence-electron chi connectivity index (χ4n) is 1.57. The third-order valence-corrected chi connectivity index (χ3v) is 3.77. The van der Waals surface area contributed by atoms with Gasteiger partial charge >= 0.3 is 0 Å². The van der Waals surface area contributed by atoms with E-state index in [2.05, 4.69) is 29.2 Å². The van der Waals surface area contributed by atoms with Gasteiger partial charge in [-0.2, -0.15) is 0 Å². The molecule has 0 aliphatic carbocycles. The van der Waals surface area contributed by atoms with E-state index in [1.54, 1.807) is 18.4 Å². The number of ether oxygens (including phenoxy) is 1. The molecule has 0 unspecified atom stereocenters. The third kappa shape index (κ3) is 4.26. The monoisotopic (exact) mass is 257 g/mol. The lowest BCUT2D eigenvalue weighted by molar-refractivity contribution is 0.181. The summed E-state index contributed by atoms with van der Waals surface area (Å²) in [5, 5.41) is 4.27. The molecule has 5 heteroatoms. The molecule has 1 N–H and O–H groups in total. The molecule has 98 valence electrons. The Hall–Kier alpha value is -0.650. The minimum Gasteiger partial charge on any atom is -0.378 e. The van der Waals surface area contributed by atoms with Gasteiger partial charge in [-0.1, -0.05) is 13.3 Å². The second-order valence-corrected chi connectivity index (χ2v) is 5.17. The van der Waals surface area contributed by atoms with Crippen LogP contribution in [0, 0.1) is 0 Å². The van der Waals surface area contributed by atoms with Crippen molar-refractivity contribution in [2.45, 2.75) is 32.9 Å². The summed E-state index contributed by atoms with van der Waals surface area (Å²) in [5.74, 6) is 0. The Morgan fingerprint density at radius 1 is 1.47 bits per heavy atom. The fourth-order valence-corrected chi connectivity index (χ4v) is 2.63. The maximum Gasteiger partial charge on any atom is 0.185 e. The molecule has 1 aromatic heterocycles. The van der Waals surface area contributed by atoms with Gasteiger partial charge in [-0.3, -0.25) is 0 Å².